The molecule has 0 radical (unpaired) electrons. The van der Waals surface area contributed by atoms with E-state index < -0.39 is 16.3 Å². The molecule has 0 saturated heterocycles. The molecule has 22 heavy (non-hydrogen) atoms. The van der Waals surface area contributed by atoms with E-state index in [1.165, 1.54) is 36.4 Å². The molecule has 8 heteroatoms. The minimum atomic E-state index is -1.57. The van der Waals surface area contributed by atoms with Gasteiger partial charge in [0.2, 0.25) is 0 Å². The maximum absolute atomic E-state index is 11.0. The number of aromatic carboxylic acids is 1. The van der Waals surface area contributed by atoms with Crippen molar-refractivity contribution >= 4 is 40.8 Å². The van der Waals surface area contributed by atoms with E-state index in [4.69, 9.17) is 33.4 Å². The second-order valence-corrected chi connectivity index (χ2v) is 5.96. The maximum Gasteiger partial charge on any atom is 0.335 e. The highest BCUT2D eigenvalue weighted by atomic mass is 35.5. The molecule has 2 N–H and O–H groups in total. The van der Waals surface area contributed by atoms with Crippen molar-refractivity contribution in [2.24, 2.45) is 10.2 Å². The number of carboxylic acid groups (broad SMARTS) is 2. The molecular weight excluding hydrogens is 331 g/mol. The third kappa shape index (κ3) is 3.72. The van der Waals surface area contributed by atoms with Crippen LogP contribution in [0.25, 0.3) is 0 Å². The molecule has 1 aliphatic carbocycles. The van der Waals surface area contributed by atoms with Crippen molar-refractivity contribution in [2.75, 3.05) is 0 Å². The van der Waals surface area contributed by atoms with Crippen molar-refractivity contribution in [1.29, 1.82) is 0 Å². The molecule has 1 aromatic carbocycles. The van der Waals surface area contributed by atoms with Crippen LogP contribution in [0.15, 0.2) is 57.9 Å². The van der Waals surface area contributed by atoms with E-state index in [0.717, 1.165) is 0 Å². The average Bonchev–Trinajstić information content (AvgIpc) is 2.44. The third-order valence-electron chi connectivity index (χ3n) is 2.88. The summed E-state index contributed by atoms with van der Waals surface area (Å²) in [5.41, 5.74) is 0.886. The number of aliphatic carboxylic acids is 1. The zero-order chi connectivity index (χ0) is 16.3. The lowest BCUT2D eigenvalue weighted by atomic mass is 10.0. The molecule has 2 rings (SSSR count). The lowest BCUT2D eigenvalue weighted by molar-refractivity contribution is -0.132. The molecule has 0 amide bonds. The summed E-state index contributed by atoms with van der Waals surface area (Å²) in [5.74, 6) is -2.22. The zero-order valence-electron chi connectivity index (χ0n) is 11.0. The van der Waals surface area contributed by atoms with E-state index in [-0.39, 0.29) is 17.6 Å². The van der Waals surface area contributed by atoms with E-state index in [2.05, 4.69) is 10.2 Å². The molecular formula is C14H10Cl2N2O4. The van der Waals surface area contributed by atoms with Gasteiger partial charge in [-0.3, -0.25) is 0 Å². The van der Waals surface area contributed by atoms with Gasteiger partial charge in [0.05, 0.1) is 22.5 Å². The number of nitrogens with zero attached hydrogens (tertiary/aromatic N) is 2. The second kappa shape index (κ2) is 6.29. The van der Waals surface area contributed by atoms with Gasteiger partial charge in [-0.05, 0) is 36.4 Å². The molecule has 0 fully saturated rings. The van der Waals surface area contributed by atoms with Gasteiger partial charge in [0.15, 0.2) is 4.33 Å². The Kier molecular flexibility index (Phi) is 4.63. The molecule has 6 nitrogen and oxygen atoms in total. The van der Waals surface area contributed by atoms with Crippen molar-refractivity contribution in [1.82, 2.24) is 0 Å². The standard InChI is InChI=1S/C14H10Cl2N2O4/c15-14(16)7-10(5-6-11(14)13(21)22)18-17-9-3-1-8(2-4-9)12(19)20/h1-6H,7H2,(H,19,20)(H,21,22)/b18-17+. The van der Waals surface area contributed by atoms with Gasteiger partial charge in [-0.15, -0.1) is 0 Å². The summed E-state index contributed by atoms with van der Waals surface area (Å²) < 4.78 is -1.57. The summed E-state index contributed by atoms with van der Waals surface area (Å²) in [6.07, 6.45) is 2.76. The van der Waals surface area contributed by atoms with Gasteiger partial charge in [-0.1, -0.05) is 23.2 Å². The Labute approximate surface area is 135 Å². The predicted molar refractivity (Wildman–Crippen MR) is 80.8 cm³/mol. The lowest BCUT2D eigenvalue weighted by Gasteiger charge is -2.22. The quantitative estimate of drug-likeness (QED) is 0.640. The monoisotopic (exact) mass is 340 g/mol. The van der Waals surface area contributed by atoms with Gasteiger partial charge in [0.25, 0.3) is 0 Å². The fraction of sp³-hybridized carbons (Fsp3) is 0.143. The van der Waals surface area contributed by atoms with Crippen LogP contribution in [0.4, 0.5) is 5.69 Å². The van der Waals surface area contributed by atoms with E-state index >= 15 is 0 Å². The first kappa shape index (κ1) is 16.2. The van der Waals surface area contributed by atoms with Crippen LogP contribution in [0.3, 0.4) is 0 Å². The van der Waals surface area contributed by atoms with Crippen LogP contribution >= 0.6 is 23.2 Å². The Morgan fingerprint density at radius 1 is 1.00 bits per heavy atom. The number of carbonyl (C=O) groups is 2. The summed E-state index contributed by atoms with van der Waals surface area (Å²) in [6, 6.07) is 5.82. The summed E-state index contributed by atoms with van der Waals surface area (Å²) in [4.78, 5) is 21.7. The normalized spacial score (nSPS) is 17.0. The number of allylic oxidation sites excluding steroid dienone is 3. The number of carboxylic acids is 2. The first-order valence-electron chi connectivity index (χ1n) is 6.07. The fourth-order valence-electron chi connectivity index (χ4n) is 1.77. The van der Waals surface area contributed by atoms with E-state index in [9.17, 15) is 9.59 Å². The number of rotatable bonds is 4. The van der Waals surface area contributed by atoms with Crippen LogP contribution in [0.2, 0.25) is 0 Å². The van der Waals surface area contributed by atoms with Crippen molar-refractivity contribution in [3.05, 3.63) is 53.3 Å². The highest BCUT2D eigenvalue weighted by molar-refractivity contribution is 6.52. The Morgan fingerprint density at radius 2 is 1.64 bits per heavy atom. The molecule has 0 saturated carbocycles. The Balaban J connectivity index is 2.17. The average molecular weight is 341 g/mol. The summed E-state index contributed by atoms with van der Waals surface area (Å²) in [7, 11) is 0. The first-order valence-corrected chi connectivity index (χ1v) is 6.83. The molecule has 0 unspecified atom stereocenters. The van der Waals surface area contributed by atoms with Crippen molar-refractivity contribution in [2.45, 2.75) is 10.8 Å². The molecule has 114 valence electrons. The second-order valence-electron chi connectivity index (χ2n) is 4.48. The number of hydrogen-bond acceptors (Lipinski definition) is 4. The molecule has 0 spiro atoms. The zero-order valence-corrected chi connectivity index (χ0v) is 12.5. The molecule has 1 aromatic rings. The highest BCUT2D eigenvalue weighted by Gasteiger charge is 2.36. The topological polar surface area (TPSA) is 99.3 Å². The lowest BCUT2D eigenvalue weighted by Crippen LogP contribution is -2.25. The fourth-order valence-corrected chi connectivity index (χ4v) is 2.33. The Hall–Kier alpha value is -2.18. The molecule has 0 aromatic heterocycles. The van der Waals surface area contributed by atoms with Gasteiger partial charge in [0, 0.05) is 6.42 Å². The first-order chi connectivity index (χ1) is 10.3. The van der Waals surface area contributed by atoms with Gasteiger partial charge >= 0.3 is 11.9 Å². The predicted octanol–water partition coefficient (Wildman–Crippen LogP) is 3.94. The third-order valence-corrected chi connectivity index (χ3v) is 3.55. The smallest absolute Gasteiger partial charge is 0.335 e. The number of benzene rings is 1. The molecule has 0 atom stereocenters. The number of azo groups is 1. The van der Waals surface area contributed by atoms with E-state index in [1.54, 1.807) is 0 Å². The van der Waals surface area contributed by atoms with Crippen LogP contribution in [0.5, 0.6) is 0 Å². The Bertz CT molecular complexity index is 706. The van der Waals surface area contributed by atoms with Gasteiger partial charge in [-0.25, -0.2) is 9.59 Å². The SMILES string of the molecule is O=C(O)C1=CC=C(/N=N/c2ccc(C(=O)O)cc2)CC1(Cl)Cl. The highest BCUT2D eigenvalue weighted by Crippen LogP contribution is 2.40. The van der Waals surface area contributed by atoms with Gasteiger partial charge < -0.3 is 10.2 Å². The number of hydrogen-bond donors (Lipinski definition) is 2. The molecule has 1 aliphatic rings. The number of alkyl halides is 2. The van der Waals surface area contributed by atoms with E-state index in [1.807, 2.05) is 0 Å². The number of halogens is 2. The molecule has 0 bridgehead atoms. The van der Waals surface area contributed by atoms with Crippen LogP contribution in [0.1, 0.15) is 16.8 Å². The summed E-state index contributed by atoms with van der Waals surface area (Å²) >= 11 is 11.9. The van der Waals surface area contributed by atoms with Crippen molar-refractivity contribution < 1.29 is 19.8 Å². The largest absolute Gasteiger partial charge is 0.478 e. The maximum atomic E-state index is 11.0. The summed E-state index contributed by atoms with van der Waals surface area (Å²) in [5, 5.41) is 25.6. The van der Waals surface area contributed by atoms with Crippen molar-refractivity contribution in [3.8, 4) is 0 Å². The Morgan fingerprint density at radius 3 is 2.14 bits per heavy atom. The van der Waals surface area contributed by atoms with Gasteiger partial charge in [-0.2, -0.15) is 10.2 Å². The minimum absolute atomic E-state index is 0.00491. The van der Waals surface area contributed by atoms with Crippen LogP contribution in [0, 0.1) is 0 Å². The van der Waals surface area contributed by atoms with Gasteiger partial charge in [0.1, 0.15) is 0 Å². The van der Waals surface area contributed by atoms with Crippen LogP contribution in [-0.2, 0) is 4.79 Å². The van der Waals surface area contributed by atoms with Crippen molar-refractivity contribution in [3.63, 3.8) is 0 Å². The summed E-state index contributed by atoms with van der Waals surface area (Å²) in [6.45, 7) is 0. The van der Waals surface area contributed by atoms with Crippen LogP contribution in [-0.4, -0.2) is 26.5 Å². The van der Waals surface area contributed by atoms with E-state index in [0.29, 0.717) is 11.4 Å². The molecule has 0 heterocycles. The van der Waals surface area contributed by atoms with Crippen LogP contribution < -0.4 is 0 Å². The molecule has 0 aliphatic heterocycles. The minimum Gasteiger partial charge on any atom is -0.478 e.